The predicted octanol–water partition coefficient (Wildman–Crippen LogP) is 4.24. The van der Waals surface area contributed by atoms with Crippen LogP contribution in [0.25, 0.3) is 10.9 Å². The molecule has 0 amide bonds. The minimum atomic E-state index is 0.395. The molecule has 0 aliphatic rings. The zero-order valence-electron chi connectivity index (χ0n) is 12.4. The maximum absolute atomic E-state index is 4.63. The Morgan fingerprint density at radius 2 is 1.95 bits per heavy atom. The van der Waals surface area contributed by atoms with Crippen molar-refractivity contribution in [2.45, 2.75) is 40.2 Å². The lowest BCUT2D eigenvalue weighted by molar-refractivity contribution is 0.415. The molecule has 2 rings (SSSR count). The predicted molar refractivity (Wildman–Crippen MR) is 82.4 cm³/mol. The molecule has 102 valence electrons. The zero-order valence-corrected chi connectivity index (χ0v) is 12.4. The van der Waals surface area contributed by atoms with Gasteiger partial charge in [0.25, 0.3) is 0 Å². The number of nitrogens with zero attached hydrogens (tertiary/aromatic N) is 1. The Bertz CT molecular complexity index is 546. The van der Waals surface area contributed by atoms with Crippen LogP contribution in [0.1, 0.15) is 44.5 Å². The third-order valence-corrected chi connectivity index (χ3v) is 3.49. The minimum absolute atomic E-state index is 0.395. The van der Waals surface area contributed by atoms with Gasteiger partial charge in [0.15, 0.2) is 0 Å². The monoisotopic (exact) mass is 256 g/mol. The van der Waals surface area contributed by atoms with Crippen LogP contribution in [0.5, 0.6) is 0 Å². The first kappa shape index (κ1) is 14.0. The van der Waals surface area contributed by atoms with Crippen LogP contribution in [0.2, 0.25) is 0 Å². The summed E-state index contributed by atoms with van der Waals surface area (Å²) in [6.07, 6.45) is 1.16. The molecular weight excluding hydrogens is 232 g/mol. The normalized spacial score (nSPS) is 13.1. The SMILES string of the molecule is CCCNC(c1cc(C)nc2ccccc12)C(C)C. The van der Waals surface area contributed by atoms with Gasteiger partial charge in [0.1, 0.15) is 0 Å². The summed E-state index contributed by atoms with van der Waals surface area (Å²) < 4.78 is 0. The second-order valence-corrected chi connectivity index (χ2v) is 5.55. The van der Waals surface area contributed by atoms with E-state index >= 15 is 0 Å². The summed E-state index contributed by atoms with van der Waals surface area (Å²) >= 11 is 0. The first-order valence-electron chi connectivity index (χ1n) is 7.23. The molecule has 0 fully saturated rings. The molecule has 2 aromatic rings. The number of benzene rings is 1. The summed E-state index contributed by atoms with van der Waals surface area (Å²) in [4.78, 5) is 4.63. The number of aryl methyl sites for hydroxylation is 1. The van der Waals surface area contributed by atoms with Crippen LogP contribution in [0.15, 0.2) is 30.3 Å². The highest BCUT2D eigenvalue weighted by Gasteiger charge is 2.18. The Balaban J connectivity index is 2.51. The molecule has 1 atom stereocenters. The van der Waals surface area contributed by atoms with Gasteiger partial charge in [-0.25, -0.2) is 0 Å². The highest BCUT2D eigenvalue weighted by molar-refractivity contribution is 5.82. The summed E-state index contributed by atoms with van der Waals surface area (Å²) in [7, 11) is 0. The fourth-order valence-corrected chi connectivity index (χ4v) is 2.60. The Morgan fingerprint density at radius 3 is 2.63 bits per heavy atom. The van der Waals surface area contributed by atoms with E-state index in [1.54, 1.807) is 0 Å². The van der Waals surface area contributed by atoms with E-state index in [1.165, 1.54) is 10.9 Å². The zero-order chi connectivity index (χ0) is 13.8. The van der Waals surface area contributed by atoms with Crippen LogP contribution in [0.3, 0.4) is 0 Å². The van der Waals surface area contributed by atoms with Gasteiger partial charge in [-0.1, -0.05) is 39.0 Å². The fraction of sp³-hybridized carbons (Fsp3) is 0.471. The van der Waals surface area contributed by atoms with E-state index in [1.807, 2.05) is 0 Å². The van der Waals surface area contributed by atoms with E-state index in [0.717, 1.165) is 24.2 Å². The van der Waals surface area contributed by atoms with E-state index < -0.39 is 0 Å². The van der Waals surface area contributed by atoms with E-state index in [-0.39, 0.29) is 0 Å². The number of aromatic nitrogens is 1. The first-order valence-corrected chi connectivity index (χ1v) is 7.23. The quantitative estimate of drug-likeness (QED) is 0.865. The van der Waals surface area contributed by atoms with Crippen LogP contribution in [0.4, 0.5) is 0 Å². The number of pyridine rings is 1. The van der Waals surface area contributed by atoms with E-state index in [9.17, 15) is 0 Å². The molecule has 1 N–H and O–H groups in total. The van der Waals surface area contributed by atoms with Crippen molar-refractivity contribution in [1.82, 2.24) is 10.3 Å². The Hall–Kier alpha value is -1.41. The molecule has 0 bridgehead atoms. The average Bonchev–Trinajstić information content (AvgIpc) is 2.38. The van der Waals surface area contributed by atoms with Gasteiger partial charge in [0.05, 0.1) is 5.52 Å². The van der Waals surface area contributed by atoms with Crippen molar-refractivity contribution in [2.75, 3.05) is 6.54 Å². The molecule has 0 saturated carbocycles. The van der Waals surface area contributed by atoms with Crippen molar-refractivity contribution < 1.29 is 0 Å². The number of hydrogen-bond donors (Lipinski definition) is 1. The molecule has 2 nitrogen and oxygen atoms in total. The van der Waals surface area contributed by atoms with Gasteiger partial charge < -0.3 is 5.32 Å². The second kappa shape index (κ2) is 6.16. The van der Waals surface area contributed by atoms with Crippen molar-refractivity contribution >= 4 is 10.9 Å². The summed E-state index contributed by atoms with van der Waals surface area (Å²) in [6.45, 7) is 9.89. The molecule has 0 spiro atoms. The summed E-state index contributed by atoms with van der Waals surface area (Å²) in [6, 6.07) is 11.1. The standard InChI is InChI=1S/C17H24N2/c1-5-10-18-17(12(2)3)15-11-13(4)19-16-9-7-6-8-14(15)16/h6-9,11-12,17-18H,5,10H2,1-4H3. The Labute approximate surface area is 116 Å². The number of hydrogen-bond acceptors (Lipinski definition) is 2. The molecule has 1 heterocycles. The number of rotatable bonds is 5. The second-order valence-electron chi connectivity index (χ2n) is 5.55. The number of fused-ring (bicyclic) bond motifs is 1. The van der Waals surface area contributed by atoms with Crippen molar-refractivity contribution in [3.63, 3.8) is 0 Å². The van der Waals surface area contributed by atoms with Gasteiger partial charge in [0, 0.05) is 17.1 Å². The molecule has 1 aromatic carbocycles. The van der Waals surface area contributed by atoms with Crippen molar-refractivity contribution in [3.8, 4) is 0 Å². The smallest absolute Gasteiger partial charge is 0.0708 e. The van der Waals surface area contributed by atoms with E-state index in [4.69, 9.17) is 0 Å². The number of nitrogens with one attached hydrogen (secondary N) is 1. The van der Waals surface area contributed by atoms with Crippen molar-refractivity contribution in [3.05, 3.63) is 41.6 Å². The maximum Gasteiger partial charge on any atom is 0.0708 e. The Kier molecular flexibility index (Phi) is 4.54. The van der Waals surface area contributed by atoms with E-state index in [0.29, 0.717) is 12.0 Å². The van der Waals surface area contributed by atoms with Gasteiger partial charge in [-0.15, -0.1) is 0 Å². The van der Waals surface area contributed by atoms with Gasteiger partial charge in [-0.3, -0.25) is 4.98 Å². The lowest BCUT2D eigenvalue weighted by Crippen LogP contribution is -2.26. The van der Waals surface area contributed by atoms with Gasteiger partial charge >= 0.3 is 0 Å². The summed E-state index contributed by atoms with van der Waals surface area (Å²) in [5.74, 6) is 0.566. The molecule has 2 heteroatoms. The van der Waals surface area contributed by atoms with Gasteiger partial charge in [-0.2, -0.15) is 0 Å². The van der Waals surface area contributed by atoms with E-state index in [2.05, 4.69) is 68.3 Å². The lowest BCUT2D eigenvalue weighted by Gasteiger charge is -2.24. The van der Waals surface area contributed by atoms with Crippen LogP contribution in [-0.4, -0.2) is 11.5 Å². The molecule has 19 heavy (non-hydrogen) atoms. The van der Waals surface area contributed by atoms with Crippen molar-refractivity contribution in [1.29, 1.82) is 0 Å². The lowest BCUT2D eigenvalue weighted by atomic mass is 9.92. The highest BCUT2D eigenvalue weighted by Crippen LogP contribution is 2.28. The molecular formula is C17H24N2. The third kappa shape index (κ3) is 3.13. The molecule has 1 aromatic heterocycles. The van der Waals surface area contributed by atoms with Crippen LogP contribution in [0, 0.1) is 12.8 Å². The summed E-state index contributed by atoms with van der Waals surface area (Å²) in [5, 5.41) is 4.95. The fourth-order valence-electron chi connectivity index (χ4n) is 2.60. The van der Waals surface area contributed by atoms with Gasteiger partial charge in [-0.05, 0) is 43.5 Å². The molecule has 0 aliphatic carbocycles. The van der Waals surface area contributed by atoms with Crippen molar-refractivity contribution in [2.24, 2.45) is 5.92 Å². The Morgan fingerprint density at radius 1 is 1.21 bits per heavy atom. The average molecular weight is 256 g/mol. The highest BCUT2D eigenvalue weighted by atomic mass is 14.9. The topological polar surface area (TPSA) is 24.9 Å². The molecule has 0 radical (unpaired) electrons. The minimum Gasteiger partial charge on any atom is -0.310 e. The van der Waals surface area contributed by atoms with Crippen LogP contribution in [-0.2, 0) is 0 Å². The van der Waals surface area contributed by atoms with Crippen LogP contribution >= 0.6 is 0 Å². The largest absolute Gasteiger partial charge is 0.310 e. The van der Waals surface area contributed by atoms with Crippen LogP contribution < -0.4 is 5.32 Å². The molecule has 0 aliphatic heterocycles. The maximum atomic E-state index is 4.63. The van der Waals surface area contributed by atoms with Gasteiger partial charge in [0.2, 0.25) is 0 Å². The molecule has 1 unspecified atom stereocenters. The third-order valence-electron chi connectivity index (χ3n) is 3.49. The number of para-hydroxylation sites is 1. The summed E-state index contributed by atoms with van der Waals surface area (Å²) in [5.41, 5.74) is 3.57. The first-order chi connectivity index (χ1) is 9.13. The molecule has 0 saturated heterocycles.